The first-order valence-corrected chi connectivity index (χ1v) is 7.56. The Morgan fingerprint density at radius 3 is 3.05 bits per heavy atom. The third-order valence-electron chi connectivity index (χ3n) is 4.39. The van der Waals surface area contributed by atoms with Gasteiger partial charge in [0, 0.05) is 12.5 Å². The molecule has 1 aliphatic heterocycles. The van der Waals surface area contributed by atoms with E-state index in [0.717, 1.165) is 30.1 Å². The number of hydrogen-bond donors (Lipinski definition) is 0. The van der Waals surface area contributed by atoms with E-state index in [9.17, 15) is 0 Å². The van der Waals surface area contributed by atoms with Gasteiger partial charge in [0.05, 0.1) is 25.0 Å². The first-order valence-electron chi connectivity index (χ1n) is 7.56. The zero-order valence-electron chi connectivity index (χ0n) is 12.4. The second-order valence-corrected chi connectivity index (χ2v) is 5.52. The number of likely N-dealkylation sites (N-methyl/N-ethyl adjacent to an activating group) is 1. The molecule has 1 unspecified atom stereocenters. The van der Waals surface area contributed by atoms with Crippen molar-refractivity contribution in [3.8, 4) is 5.75 Å². The summed E-state index contributed by atoms with van der Waals surface area (Å²) in [5.41, 5.74) is 1.14. The van der Waals surface area contributed by atoms with E-state index < -0.39 is 0 Å². The van der Waals surface area contributed by atoms with E-state index >= 15 is 0 Å². The molecule has 3 heterocycles. The second-order valence-electron chi connectivity index (χ2n) is 5.52. The van der Waals surface area contributed by atoms with Crippen molar-refractivity contribution in [3.05, 3.63) is 30.4 Å². The Morgan fingerprint density at radius 1 is 1.35 bits per heavy atom. The van der Waals surface area contributed by atoms with Crippen molar-refractivity contribution in [2.45, 2.75) is 38.6 Å². The molecule has 0 amide bonds. The summed E-state index contributed by atoms with van der Waals surface area (Å²) < 4.78 is 7.49. The Morgan fingerprint density at radius 2 is 2.25 bits per heavy atom. The monoisotopic (exact) mass is 273 g/mol. The second kappa shape index (κ2) is 5.83. The number of ether oxygens (including phenoxy) is 1. The predicted molar refractivity (Wildman–Crippen MR) is 80.3 cm³/mol. The molecule has 1 aliphatic rings. The number of rotatable bonds is 4. The maximum Gasteiger partial charge on any atom is 0.135 e. The Kier molecular flexibility index (Phi) is 3.92. The molecule has 4 nitrogen and oxygen atoms in total. The van der Waals surface area contributed by atoms with E-state index in [-0.39, 0.29) is 0 Å². The van der Waals surface area contributed by atoms with Gasteiger partial charge in [-0.3, -0.25) is 4.40 Å². The molecule has 2 aromatic heterocycles. The third kappa shape index (κ3) is 2.52. The summed E-state index contributed by atoms with van der Waals surface area (Å²) in [5, 5.41) is 0. The summed E-state index contributed by atoms with van der Waals surface area (Å²) in [6.45, 7) is 4.62. The number of likely N-dealkylation sites (tertiary alicyclic amines) is 1. The first-order chi connectivity index (χ1) is 9.81. The molecule has 108 valence electrons. The normalized spacial score (nSPS) is 20.4. The van der Waals surface area contributed by atoms with Gasteiger partial charge < -0.3 is 9.64 Å². The summed E-state index contributed by atoms with van der Waals surface area (Å²) in [4.78, 5) is 7.20. The summed E-state index contributed by atoms with van der Waals surface area (Å²) in [7, 11) is 1.71. The summed E-state index contributed by atoms with van der Waals surface area (Å²) in [5.74, 6) is 2.02. The topological polar surface area (TPSA) is 29.8 Å². The van der Waals surface area contributed by atoms with Crippen LogP contribution in [0.2, 0.25) is 0 Å². The Hall–Kier alpha value is -1.55. The zero-order valence-corrected chi connectivity index (χ0v) is 12.4. The maximum absolute atomic E-state index is 5.32. The van der Waals surface area contributed by atoms with E-state index in [1.807, 2.05) is 18.5 Å². The standard InChI is InChI=1S/C16H23N3O/c1-3-18-9-5-4-6-13(18)10-16-17-11-14-7-8-15(20-2)12-19(14)16/h7-8,11-13H,3-6,9-10H2,1-2H3. The highest BCUT2D eigenvalue weighted by molar-refractivity contribution is 5.48. The van der Waals surface area contributed by atoms with E-state index in [2.05, 4.69) is 27.3 Å². The van der Waals surface area contributed by atoms with Crippen LogP contribution < -0.4 is 4.74 Å². The van der Waals surface area contributed by atoms with Crippen molar-refractivity contribution in [1.82, 2.24) is 14.3 Å². The maximum atomic E-state index is 5.32. The van der Waals surface area contributed by atoms with Crippen LogP contribution in [0.25, 0.3) is 5.52 Å². The highest BCUT2D eigenvalue weighted by atomic mass is 16.5. The number of pyridine rings is 1. The molecular weight excluding hydrogens is 250 g/mol. The molecule has 0 spiro atoms. The van der Waals surface area contributed by atoms with Crippen LogP contribution in [0.4, 0.5) is 0 Å². The molecule has 0 aromatic carbocycles. The van der Waals surface area contributed by atoms with E-state index in [4.69, 9.17) is 4.74 Å². The number of aromatic nitrogens is 2. The first kappa shape index (κ1) is 13.4. The zero-order chi connectivity index (χ0) is 13.9. The molecule has 0 radical (unpaired) electrons. The molecule has 1 saturated heterocycles. The van der Waals surface area contributed by atoms with Crippen LogP contribution in [0.5, 0.6) is 5.75 Å². The van der Waals surface area contributed by atoms with E-state index in [1.54, 1.807) is 7.11 Å². The average Bonchev–Trinajstić information content (AvgIpc) is 2.90. The molecule has 1 fully saturated rings. The quantitative estimate of drug-likeness (QED) is 0.858. The molecule has 20 heavy (non-hydrogen) atoms. The fourth-order valence-corrected chi connectivity index (χ4v) is 3.21. The van der Waals surface area contributed by atoms with E-state index in [0.29, 0.717) is 6.04 Å². The summed E-state index contributed by atoms with van der Waals surface area (Å²) in [6, 6.07) is 4.68. The number of hydrogen-bond acceptors (Lipinski definition) is 3. The molecule has 3 rings (SSSR count). The number of methoxy groups -OCH3 is 1. The fourth-order valence-electron chi connectivity index (χ4n) is 3.21. The number of imidazole rings is 1. The highest BCUT2D eigenvalue weighted by Gasteiger charge is 2.22. The molecule has 1 atom stereocenters. The van der Waals surface area contributed by atoms with Crippen molar-refractivity contribution < 1.29 is 4.74 Å². The molecular formula is C16H23N3O. The molecule has 4 heteroatoms. The molecule has 0 bridgehead atoms. The van der Waals surface area contributed by atoms with Gasteiger partial charge in [0.15, 0.2) is 0 Å². The highest BCUT2D eigenvalue weighted by Crippen LogP contribution is 2.21. The summed E-state index contributed by atoms with van der Waals surface area (Å²) in [6.07, 6.45) is 8.97. The lowest BCUT2D eigenvalue weighted by Gasteiger charge is -2.34. The minimum absolute atomic E-state index is 0.630. The van der Waals surface area contributed by atoms with Gasteiger partial charge in [0.25, 0.3) is 0 Å². The van der Waals surface area contributed by atoms with Gasteiger partial charge in [-0.1, -0.05) is 13.3 Å². The van der Waals surface area contributed by atoms with Crippen LogP contribution in [0.1, 0.15) is 32.0 Å². The fraction of sp³-hybridized carbons (Fsp3) is 0.562. The van der Waals surface area contributed by atoms with Gasteiger partial charge >= 0.3 is 0 Å². The van der Waals surface area contributed by atoms with Crippen molar-refractivity contribution in [1.29, 1.82) is 0 Å². The largest absolute Gasteiger partial charge is 0.495 e. The smallest absolute Gasteiger partial charge is 0.135 e. The van der Waals surface area contributed by atoms with Gasteiger partial charge in [0.2, 0.25) is 0 Å². The minimum Gasteiger partial charge on any atom is -0.495 e. The number of nitrogens with zero attached hydrogens (tertiary/aromatic N) is 3. The molecule has 0 aliphatic carbocycles. The van der Waals surface area contributed by atoms with Crippen molar-refractivity contribution >= 4 is 5.52 Å². The Bertz CT molecular complexity index is 578. The van der Waals surface area contributed by atoms with Crippen LogP contribution >= 0.6 is 0 Å². The molecule has 2 aromatic rings. The van der Waals surface area contributed by atoms with Crippen molar-refractivity contribution in [2.75, 3.05) is 20.2 Å². The van der Waals surface area contributed by atoms with Gasteiger partial charge in [-0.25, -0.2) is 4.98 Å². The number of piperidine rings is 1. The van der Waals surface area contributed by atoms with Crippen LogP contribution in [0.15, 0.2) is 24.5 Å². The van der Waals surface area contributed by atoms with Gasteiger partial charge in [-0.15, -0.1) is 0 Å². The lowest BCUT2D eigenvalue weighted by molar-refractivity contribution is 0.153. The Labute approximate surface area is 120 Å². The predicted octanol–water partition coefficient (Wildman–Crippen LogP) is 2.76. The third-order valence-corrected chi connectivity index (χ3v) is 4.39. The average molecular weight is 273 g/mol. The lowest BCUT2D eigenvalue weighted by Crippen LogP contribution is -2.40. The molecule has 0 N–H and O–H groups in total. The summed E-state index contributed by atoms with van der Waals surface area (Å²) >= 11 is 0. The van der Waals surface area contributed by atoms with Crippen LogP contribution in [0.3, 0.4) is 0 Å². The van der Waals surface area contributed by atoms with Gasteiger partial charge in [0.1, 0.15) is 11.6 Å². The Balaban J connectivity index is 1.86. The van der Waals surface area contributed by atoms with Crippen molar-refractivity contribution in [2.24, 2.45) is 0 Å². The number of fused-ring (bicyclic) bond motifs is 1. The van der Waals surface area contributed by atoms with Gasteiger partial charge in [-0.2, -0.15) is 0 Å². The lowest BCUT2D eigenvalue weighted by atomic mass is 9.99. The van der Waals surface area contributed by atoms with Crippen LogP contribution in [0, 0.1) is 0 Å². The minimum atomic E-state index is 0.630. The SMILES string of the molecule is CCN1CCCCC1Cc1ncc2ccc(OC)cn12. The van der Waals surface area contributed by atoms with Gasteiger partial charge in [-0.05, 0) is 38.1 Å². The van der Waals surface area contributed by atoms with E-state index in [1.165, 1.54) is 25.8 Å². The molecule has 0 saturated carbocycles. The van der Waals surface area contributed by atoms with Crippen molar-refractivity contribution in [3.63, 3.8) is 0 Å². The van der Waals surface area contributed by atoms with Crippen LogP contribution in [-0.4, -0.2) is 40.5 Å². The van der Waals surface area contributed by atoms with Crippen LogP contribution in [-0.2, 0) is 6.42 Å².